The molecule has 7 heteroatoms. The van der Waals surface area contributed by atoms with E-state index in [-0.39, 0.29) is 18.9 Å². The molecule has 168 valence electrons. The van der Waals surface area contributed by atoms with Gasteiger partial charge in [-0.05, 0) is 47.5 Å². The monoisotopic (exact) mass is 513 g/mol. The number of hydrogen-bond acceptors (Lipinski definition) is 4. The number of nitriles is 1. The van der Waals surface area contributed by atoms with Crippen molar-refractivity contribution in [3.63, 3.8) is 0 Å². The number of aromatic nitrogens is 1. The van der Waals surface area contributed by atoms with Gasteiger partial charge in [0.15, 0.2) is 11.5 Å². The van der Waals surface area contributed by atoms with Crippen LogP contribution in [-0.4, -0.2) is 17.3 Å². The SMILES string of the molecule is N#C/C(=C\c1cn(Cc2ccc(Br)cc2)c2ccccc12)C(=O)NCc1ccc2c(c1)OCO2. The van der Waals surface area contributed by atoms with E-state index < -0.39 is 5.91 Å². The third kappa shape index (κ3) is 4.54. The van der Waals surface area contributed by atoms with Gasteiger partial charge in [-0.3, -0.25) is 4.79 Å². The maximum absolute atomic E-state index is 12.8. The minimum Gasteiger partial charge on any atom is -0.454 e. The van der Waals surface area contributed by atoms with Crippen LogP contribution in [0.15, 0.2) is 83.0 Å². The van der Waals surface area contributed by atoms with Crippen molar-refractivity contribution in [1.29, 1.82) is 5.26 Å². The standard InChI is InChI=1S/C27H20BrN3O3/c28-22-8-5-18(6-9-22)15-31-16-21(23-3-1-2-4-24(23)31)12-20(13-29)27(32)30-14-19-7-10-25-26(11-19)34-17-33-25/h1-12,16H,14-15,17H2,(H,30,32)/b20-12+. The first-order valence-electron chi connectivity index (χ1n) is 10.7. The lowest BCUT2D eigenvalue weighted by molar-refractivity contribution is -0.117. The molecule has 1 aromatic heterocycles. The first kappa shape index (κ1) is 21.8. The topological polar surface area (TPSA) is 76.3 Å². The molecule has 0 atom stereocenters. The summed E-state index contributed by atoms with van der Waals surface area (Å²) < 4.78 is 13.9. The first-order valence-corrected chi connectivity index (χ1v) is 11.5. The Hall–Kier alpha value is -4.02. The zero-order valence-electron chi connectivity index (χ0n) is 18.1. The first-order chi connectivity index (χ1) is 16.6. The molecule has 1 amide bonds. The van der Waals surface area contributed by atoms with Gasteiger partial charge >= 0.3 is 0 Å². The van der Waals surface area contributed by atoms with Gasteiger partial charge in [-0.15, -0.1) is 0 Å². The Morgan fingerprint density at radius 3 is 2.65 bits per heavy atom. The summed E-state index contributed by atoms with van der Waals surface area (Å²) in [6.07, 6.45) is 3.63. The molecule has 0 fully saturated rings. The van der Waals surface area contributed by atoms with E-state index in [1.165, 1.54) is 0 Å². The highest BCUT2D eigenvalue weighted by Crippen LogP contribution is 2.32. The zero-order valence-corrected chi connectivity index (χ0v) is 19.7. The van der Waals surface area contributed by atoms with E-state index in [4.69, 9.17) is 9.47 Å². The van der Waals surface area contributed by atoms with Crippen LogP contribution in [0.4, 0.5) is 0 Å². The lowest BCUT2D eigenvalue weighted by Gasteiger charge is -2.06. The summed E-state index contributed by atoms with van der Waals surface area (Å²) in [4.78, 5) is 12.8. The van der Waals surface area contributed by atoms with Gasteiger partial charge in [0, 0.05) is 40.2 Å². The summed E-state index contributed by atoms with van der Waals surface area (Å²) in [5.41, 5.74) is 3.92. The molecule has 1 aliphatic heterocycles. The number of nitrogens with zero attached hydrogens (tertiary/aromatic N) is 2. The second-order valence-corrected chi connectivity index (χ2v) is 8.81. The Kier molecular flexibility index (Phi) is 6.07. The minimum absolute atomic E-state index is 0.0484. The Morgan fingerprint density at radius 2 is 1.82 bits per heavy atom. The van der Waals surface area contributed by atoms with Gasteiger partial charge in [-0.25, -0.2) is 0 Å². The van der Waals surface area contributed by atoms with E-state index in [2.05, 4.69) is 37.9 Å². The molecule has 0 aliphatic carbocycles. The van der Waals surface area contributed by atoms with Crippen molar-refractivity contribution < 1.29 is 14.3 Å². The highest BCUT2D eigenvalue weighted by Gasteiger charge is 2.15. The number of ether oxygens (including phenoxy) is 2. The zero-order chi connectivity index (χ0) is 23.5. The van der Waals surface area contributed by atoms with Gasteiger partial charge in [-0.2, -0.15) is 5.26 Å². The van der Waals surface area contributed by atoms with E-state index in [9.17, 15) is 10.1 Å². The number of rotatable bonds is 6. The van der Waals surface area contributed by atoms with E-state index in [0.717, 1.165) is 32.1 Å². The third-order valence-electron chi connectivity index (χ3n) is 5.64. The fraction of sp³-hybridized carbons (Fsp3) is 0.111. The number of amides is 1. The summed E-state index contributed by atoms with van der Waals surface area (Å²) in [6.45, 7) is 1.15. The molecular weight excluding hydrogens is 494 g/mol. The summed E-state index contributed by atoms with van der Waals surface area (Å²) in [7, 11) is 0. The van der Waals surface area contributed by atoms with Crippen molar-refractivity contribution in [2.75, 3.05) is 6.79 Å². The minimum atomic E-state index is -0.426. The van der Waals surface area contributed by atoms with Crippen molar-refractivity contribution in [3.8, 4) is 17.6 Å². The summed E-state index contributed by atoms with van der Waals surface area (Å²) in [5.74, 6) is 0.915. The summed E-state index contributed by atoms with van der Waals surface area (Å²) in [5, 5.41) is 13.5. The molecule has 0 spiro atoms. The fourth-order valence-corrected chi connectivity index (χ4v) is 4.20. The maximum atomic E-state index is 12.8. The number of carbonyl (C=O) groups is 1. The quantitative estimate of drug-likeness (QED) is 0.276. The molecule has 0 radical (unpaired) electrons. The number of nitrogens with one attached hydrogen (secondary N) is 1. The second-order valence-electron chi connectivity index (χ2n) is 7.90. The second kappa shape index (κ2) is 9.46. The summed E-state index contributed by atoms with van der Waals surface area (Å²) >= 11 is 3.47. The molecule has 0 saturated carbocycles. The predicted octanol–water partition coefficient (Wildman–Crippen LogP) is 5.40. The number of halogens is 1. The molecule has 0 bridgehead atoms. The average molecular weight is 514 g/mol. The summed E-state index contributed by atoms with van der Waals surface area (Å²) in [6, 6.07) is 23.7. The van der Waals surface area contributed by atoms with Crippen LogP contribution < -0.4 is 14.8 Å². The Labute approximate surface area is 205 Å². The van der Waals surface area contributed by atoms with Gasteiger partial charge < -0.3 is 19.4 Å². The molecule has 6 nitrogen and oxygen atoms in total. The van der Waals surface area contributed by atoms with Gasteiger partial charge in [0.1, 0.15) is 11.6 Å². The largest absolute Gasteiger partial charge is 0.454 e. The van der Waals surface area contributed by atoms with Crippen molar-refractivity contribution in [2.45, 2.75) is 13.1 Å². The predicted molar refractivity (Wildman–Crippen MR) is 133 cm³/mol. The average Bonchev–Trinajstić information content (AvgIpc) is 3.47. The number of hydrogen-bond donors (Lipinski definition) is 1. The Morgan fingerprint density at radius 1 is 1.06 bits per heavy atom. The van der Waals surface area contributed by atoms with Crippen LogP contribution in [0.3, 0.4) is 0 Å². The molecule has 34 heavy (non-hydrogen) atoms. The maximum Gasteiger partial charge on any atom is 0.262 e. The van der Waals surface area contributed by atoms with Gasteiger partial charge in [0.05, 0.1) is 0 Å². The smallest absolute Gasteiger partial charge is 0.262 e. The lowest BCUT2D eigenvalue weighted by atomic mass is 10.1. The van der Waals surface area contributed by atoms with Crippen LogP contribution in [0, 0.1) is 11.3 Å². The van der Waals surface area contributed by atoms with Crippen LogP contribution in [0.2, 0.25) is 0 Å². The van der Waals surface area contributed by atoms with Crippen molar-refractivity contribution >= 4 is 38.8 Å². The normalized spacial score (nSPS) is 12.5. The third-order valence-corrected chi connectivity index (χ3v) is 6.17. The number of para-hydroxylation sites is 1. The van der Waals surface area contributed by atoms with E-state index in [0.29, 0.717) is 18.0 Å². The van der Waals surface area contributed by atoms with Gasteiger partial charge in [-0.1, -0.05) is 52.3 Å². The van der Waals surface area contributed by atoms with Crippen LogP contribution in [0.1, 0.15) is 16.7 Å². The van der Waals surface area contributed by atoms with Crippen molar-refractivity contribution in [1.82, 2.24) is 9.88 Å². The molecule has 5 rings (SSSR count). The van der Waals surface area contributed by atoms with E-state index >= 15 is 0 Å². The van der Waals surface area contributed by atoms with Gasteiger partial charge in [0.2, 0.25) is 6.79 Å². The lowest BCUT2D eigenvalue weighted by Crippen LogP contribution is -2.23. The number of carbonyl (C=O) groups excluding carboxylic acids is 1. The molecule has 0 saturated heterocycles. The van der Waals surface area contributed by atoms with E-state index in [1.54, 1.807) is 6.08 Å². The van der Waals surface area contributed by atoms with Crippen molar-refractivity contribution in [2.24, 2.45) is 0 Å². The number of benzene rings is 3. The number of fused-ring (bicyclic) bond motifs is 2. The van der Waals surface area contributed by atoms with Crippen molar-refractivity contribution in [3.05, 3.63) is 99.7 Å². The Balaban J connectivity index is 1.38. The fourth-order valence-electron chi connectivity index (χ4n) is 3.94. The van der Waals surface area contributed by atoms with E-state index in [1.807, 2.05) is 66.9 Å². The molecule has 1 N–H and O–H groups in total. The van der Waals surface area contributed by atoms with Gasteiger partial charge in [0.25, 0.3) is 5.91 Å². The molecule has 1 aliphatic rings. The van der Waals surface area contributed by atoms with Crippen LogP contribution in [-0.2, 0) is 17.9 Å². The molecule has 0 unspecified atom stereocenters. The Bertz CT molecular complexity index is 1450. The molecule has 2 heterocycles. The van der Waals surface area contributed by atoms with Crippen LogP contribution >= 0.6 is 15.9 Å². The van der Waals surface area contributed by atoms with Crippen LogP contribution in [0.25, 0.3) is 17.0 Å². The molecule has 4 aromatic rings. The van der Waals surface area contributed by atoms with Crippen LogP contribution in [0.5, 0.6) is 11.5 Å². The highest BCUT2D eigenvalue weighted by atomic mass is 79.9. The molecule has 3 aromatic carbocycles. The molecular formula is C27H20BrN3O3. The highest BCUT2D eigenvalue weighted by molar-refractivity contribution is 9.10.